The molecule has 0 saturated heterocycles. The summed E-state index contributed by atoms with van der Waals surface area (Å²) in [5.41, 5.74) is 10.1. The molecule has 5 rings (SSSR count). The van der Waals surface area contributed by atoms with E-state index in [9.17, 15) is 8.78 Å². The zero-order chi connectivity index (χ0) is 23.3. The van der Waals surface area contributed by atoms with E-state index in [0.717, 1.165) is 16.8 Å². The number of nitrogens with zero attached hydrogens (tertiary/aromatic N) is 4. The quantitative estimate of drug-likeness (QED) is 0.439. The first-order valence-corrected chi connectivity index (χ1v) is 10.7. The number of hydrogen-bond acceptors (Lipinski definition) is 5. The number of halogens is 2. The van der Waals surface area contributed by atoms with Crippen LogP contribution in [0.5, 0.6) is 5.75 Å². The molecule has 0 fully saturated rings. The Morgan fingerprint density at radius 2 is 1.85 bits per heavy atom. The molecule has 2 bridgehead atoms. The second kappa shape index (κ2) is 7.65. The second-order valence-corrected chi connectivity index (χ2v) is 8.57. The van der Waals surface area contributed by atoms with Crippen LogP contribution in [0.1, 0.15) is 37.6 Å². The van der Waals surface area contributed by atoms with Crippen LogP contribution in [-0.2, 0) is 18.6 Å². The highest BCUT2D eigenvalue weighted by molar-refractivity contribution is 5.73. The van der Waals surface area contributed by atoms with Crippen LogP contribution < -0.4 is 10.5 Å². The van der Waals surface area contributed by atoms with Crippen molar-refractivity contribution in [1.82, 2.24) is 19.7 Å². The van der Waals surface area contributed by atoms with E-state index in [0.29, 0.717) is 41.1 Å². The highest BCUT2D eigenvalue weighted by Crippen LogP contribution is 2.41. The van der Waals surface area contributed by atoms with Crippen LogP contribution in [0.2, 0.25) is 0 Å². The molecule has 6 nitrogen and oxygen atoms in total. The van der Waals surface area contributed by atoms with Crippen molar-refractivity contribution in [2.45, 2.75) is 39.3 Å². The minimum atomic E-state index is -1.01. The zero-order valence-electron chi connectivity index (χ0n) is 18.6. The summed E-state index contributed by atoms with van der Waals surface area (Å²) in [5, 5.41) is 4.52. The Morgan fingerprint density at radius 3 is 2.64 bits per heavy atom. The number of rotatable bonds is 1. The smallest absolute Gasteiger partial charge is 0.166 e. The molecule has 1 aromatic carbocycles. The lowest BCUT2D eigenvalue weighted by atomic mass is 9.87. The van der Waals surface area contributed by atoms with Gasteiger partial charge in [0.05, 0.1) is 23.8 Å². The van der Waals surface area contributed by atoms with Crippen LogP contribution in [0, 0.1) is 11.6 Å². The summed E-state index contributed by atoms with van der Waals surface area (Å²) in [6.45, 7) is 6.28. The zero-order valence-corrected chi connectivity index (χ0v) is 18.6. The van der Waals surface area contributed by atoms with Gasteiger partial charge >= 0.3 is 0 Å². The molecular weight excluding hydrogens is 424 g/mol. The Hall–Kier alpha value is -3.81. The number of aromatic nitrogens is 4. The molecule has 33 heavy (non-hydrogen) atoms. The molecule has 0 unspecified atom stereocenters. The van der Waals surface area contributed by atoms with E-state index in [1.807, 2.05) is 31.5 Å². The average molecular weight is 447 g/mol. The number of ether oxygens (including phenoxy) is 1. The number of fused-ring (bicyclic) bond motifs is 7. The number of nitrogen functional groups attached to an aromatic ring is 1. The van der Waals surface area contributed by atoms with E-state index in [2.05, 4.69) is 15.1 Å². The van der Waals surface area contributed by atoms with Gasteiger partial charge in [-0.1, -0.05) is 6.07 Å². The van der Waals surface area contributed by atoms with Crippen molar-refractivity contribution >= 4 is 5.82 Å². The fraction of sp³-hybridized carbons (Fsp3) is 0.240. The molecule has 0 saturated carbocycles. The van der Waals surface area contributed by atoms with Gasteiger partial charge in [0.1, 0.15) is 17.2 Å². The molecule has 168 valence electrons. The van der Waals surface area contributed by atoms with Crippen LogP contribution in [0.4, 0.5) is 14.6 Å². The monoisotopic (exact) mass is 447 g/mol. The molecule has 0 amide bonds. The van der Waals surface area contributed by atoms with Gasteiger partial charge in [-0.15, -0.1) is 0 Å². The van der Waals surface area contributed by atoms with Gasteiger partial charge < -0.3 is 10.5 Å². The van der Waals surface area contributed by atoms with Crippen molar-refractivity contribution in [2.75, 3.05) is 5.73 Å². The number of anilines is 1. The third-order valence-electron chi connectivity index (χ3n) is 5.95. The standard InChI is InChI=1S/C25H23F2N5O/c1-4-32-23-14(12-31-32)7-21-19(9-17(27)13-29-21)18-6-5-16(26)10-20(18)25(2,3)33-22-8-15(23)11-30-24(22)28/h5-6,8-13H,4,7H2,1-3H3,(H2,28,30). The summed E-state index contributed by atoms with van der Waals surface area (Å²) in [7, 11) is 0. The first-order valence-electron chi connectivity index (χ1n) is 10.7. The Balaban J connectivity index is 1.86. The molecule has 2 N–H and O–H groups in total. The highest BCUT2D eigenvalue weighted by atomic mass is 19.1. The van der Waals surface area contributed by atoms with Crippen LogP contribution in [0.3, 0.4) is 0 Å². The lowest BCUT2D eigenvalue weighted by Gasteiger charge is -2.30. The van der Waals surface area contributed by atoms with E-state index in [4.69, 9.17) is 10.5 Å². The third-order valence-corrected chi connectivity index (χ3v) is 5.95. The maximum absolute atomic E-state index is 14.4. The average Bonchev–Trinajstić information content (AvgIpc) is 3.18. The number of hydrogen-bond donors (Lipinski definition) is 1. The Kier molecular flexibility index (Phi) is 4.88. The Bertz CT molecular complexity index is 1380. The van der Waals surface area contributed by atoms with Gasteiger partial charge in [-0.05, 0) is 50.6 Å². The molecule has 0 spiro atoms. The Morgan fingerprint density at radius 1 is 1.03 bits per heavy atom. The van der Waals surface area contributed by atoms with Crippen molar-refractivity contribution < 1.29 is 13.5 Å². The first kappa shape index (κ1) is 21.1. The van der Waals surface area contributed by atoms with Crippen molar-refractivity contribution in [3.05, 3.63) is 77.4 Å². The largest absolute Gasteiger partial charge is 0.479 e. The minimum Gasteiger partial charge on any atom is -0.479 e. The fourth-order valence-corrected chi connectivity index (χ4v) is 4.40. The van der Waals surface area contributed by atoms with Gasteiger partial charge in [-0.3, -0.25) is 9.67 Å². The first-order chi connectivity index (χ1) is 15.8. The maximum Gasteiger partial charge on any atom is 0.166 e. The fourth-order valence-electron chi connectivity index (χ4n) is 4.40. The summed E-state index contributed by atoms with van der Waals surface area (Å²) in [6, 6.07) is 7.66. The molecule has 8 heteroatoms. The maximum atomic E-state index is 14.4. The van der Waals surface area contributed by atoms with Crippen LogP contribution in [-0.4, -0.2) is 19.7 Å². The molecule has 3 aromatic heterocycles. The Labute approximate surface area is 190 Å². The van der Waals surface area contributed by atoms with E-state index in [1.54, 1.807) is 18.5 Å². The molecule has 0 aliphatic carbocycles. The highest BCUT2D eigenvalue weighted by Gasteiger charge is 2.30. The van der Waals surface area contributed by atoms with Crippen LogP contribution in [0.25, 0.3) is 22.4 Å². The normalized spacial score (nSPS) is 14.2. The second-order valence-electron chi connectivity index (χ2n) is 8.57. The molecule has 1 aliphatic rings. The van der Waals surface area contributed by atoms with Gasteiger partial charge in [0.25, 0.3) is 0 Å². The van der Waals surface area contributed by atoms with E-state index in [-0.39, 0.29) is 5.82 Å². The van der Waals surface area contributed by atoms with E-state index < -0.39 is 17.2 Å². The van der Waals surface area contributed by atoms with Crippen molar-refractivity contribution in [3.8, 4) is 28.1 Å². The summed E-state index contributed by atoms with van der Waals surface area (Å²) >= 11 is 0. The lowest BCUT2D eigenvalue weighted by Crippen LogP contribution is -2.27. The summed E-state index contributed by atoms with van der Waals surface area (Å²) < 4.78 is 37.0. The summed E-state index contributed by atoms with van der Waals surface area (Å²) in [6.07, 6.45) is 5.07. The van der Waals surface area contributed by atoms with Gasteiger partial charge in [0.15, 0.2) is 11.6 Å². The predicted molar refractivity (Wildman–Crippen MR) is 122 cm³/mol. The van der Waals surface area contributed by atoms with Crippen LogP contribution >= 0.6 is 0 Å². The molecule has 0 atom stereocenters. The number of benzene rings is 1. The van der Waals surface area contributed by atoms with Gasteiger partial charge in [-0.2, -0.15) is 5.10 Å². The van der Waals surface area contributed by atoms with Gasteiger partial charge in [0, 0.05) is 41.4 Å². The van der Waals surface area contributed by atoms with E-state index >= 15 is 0 Å². The van der Waals surface area contributed by atoms with Crippen LogP contribution in [0.15, 0.2) is 48.9 Å². The third kappa shape index (κ3) is 3.61. The minimum absolute atomic E-state index is 0.221. The number of nitrogens with two attached hydrogens (primary N) is 1. The molecular formula is C25H23F2N5O. The topological polar surface area (TPSA) is 78.9 Å². The van der Waals surface area contributed by atoms with Crippen molar-refractivity contribution in [1.29, 1.82) is 0 Å². The summed E-state index contributed by atoms with van der Waals surface area (Å²) in [5.74, 6) is -0.299. The number of pyridine rings is 2. The van der Waals surface area contributed by atoms with E-state index in [1.165, 1.54) is 24.4 Å². The lowest BCUT2D eigenvalue weighted by molar-refractivity contribution is 0.109. The molecule has 4 aromatic rings. The molecule has 1 aliphatic heterocycles. The number of aryl methyl sites for hydroxylation is 1. The molecule has 0 radical (unpaired) electrons. The SMILES string of the molecule is CCn1ncc2c1-c1cnc(N)c(c1)OC(C)(C)c1cc(F)ccc1-c1cc(F)cnc1C2. The molecule has 4 heterocycles. The summed E-state index contributed by atoms with van der Waals surface area (Å²) in [4.78, 5) is 8.76. The van der Waals surface area contributed by atoms with Gasteiger partial charge in [-0.25, -0.2) is 13.8 Å². The predicted octanol–water partition coefficient (Wildman–Crippen LogP) is 5.11. The van der Waals surface area contributed by atoms with Gasteiger partial charge in [0.2, 0.25) is 0 Å². The van der Waals surface area contributed by atoms with Crippen molar-refractivity contribution in [3.63, 3.8) is 0 Å². The van der Waals surface area contributed by atoms with Crippen molar-refractivity contribution in [2.24, 2.45) is 0 Å².